The summed E-state index contributed by atoms with van der Waals surface area (Å²) >= 11 is 0.966. The van der Waals surface area contributed by atoms with Gasteiger partial charge < -0.3 is 4.42 Å². The fourth-order valence-corrected chi connectivity index (χ4v) is 5.94. The van der Waals surface area contributed by atoms with E-state index in [1.54, 1.807) is 26.0 Å². The lowest BCUT2D eigenvalue weighted by atomic mass is 10.2. The number of carbonyl (C=O) groups is 1. The predicted octanol–water partition coefficient (Wildman–Crippen LogP) is 5.05. The highest BCUT2D eigenvalue weighted by Crippen LogP contribution is 2.33. The van der Waals surface area contributed by atoms with Crippen molar-refractivity contribution < 1.29 is 26.4 Å². The average Bonchev–Trinajstić information content (AvgIpc) is 3.47. The SMILES string of the molecule is CCN(CC)S(=O)(=O)c1ccc(C(=O)N(Cc2ccco2)c2nc3c(F)cc(F)cc3s2)cc1. The van der Waals surface area contributed by atoms with Gasteiger partial charge in [-0.25, -0.2) is 22.2 Å². The molecule has 0 aliphatic carbocycles. The van der Waals surface area contributed by atoms with Crippen LogP contribution in [0.1, 0.15) is 30.0 Å². The molecule has 11 heteroatoms. The Morgan fingerprint density at radius 3 is 2.41 bits per heavy atom. The number of sulfonamides is 1. The quantitative estimate of drug-likeness (QED) is 0.335. The number of benzene rings is 2. The highest BCUT2D eigenvalue weighted by atomic mass is 32.2. The van der Waals surface area contributed by atoms with Crippen molar-refractivity contribution in [3.05, 3.63) is 77.8 Å². The monoisotopic (exact) mass is 505 g/mol. The Hall–Kier alpha value is -3.15. The number of furan rings is 1. The third-order valence-corrected chi connectivity index (χ3v) is 8.31. The molecule has 0 fully saturated rings. The second kappa shape index (κ2) is 9.61. The second-order valence-corrected chi connectivity index (χ2v) is 10.3. The molecule has 0 spiro atoms. The first kappa shape index (κ1) is 24.0. The van der Waals surface area contributed by atoms with Gasteiger partial charge >= 0.3 is 0 Å². The summed E-state index contributed by atoms with van der Waals surface area (Å²) in [6, 6.07) is 10.8. The zero-order valence-electron chi connectivity index (χ0n) is 18.4. The lowest BCUT2D eigenvalue weighted by Crippen LogP contribution is -2.31. The third kappa shape index (κ3) is 4.59. The molecule has 0 saturated carbocycles. The van der Waals surface area contributed by atoms with Gasteiger partial charge in [-0.1, -0.05) is 25.2 Å². The maximum Gasteiger partial charge on any atom is 0.260 e. The maximum atomic E-state index is 14.2. The molecule has 1 amide bonds. The van der Waals surface area contributed by atoms with Crippen molar-refractivity contribution >= 4 is 42.6 Å². The lowest BCUT2D eigenvalue weighted by Gasteiger charge is -2.20. The minimum Gasteiger partial charge on any atom is -0.467 e. The Bertz CT molecular complexity index is 1410. The van der Waals surface area contributed by atoms with Gasteiger partial charge in [0.2, 0.25) is 10.0 Å². The highest BCUT2D eigenvalue weighted by molar-refractivity contribution is 7.89. The van der Waals surface area contributed by atoms with Crippen molar-refractivity contribution in [2.75, 3.05) is 18.0 Å². The molecular formula is C23H21F2N3O4S2. The van der Waals surface area contributed by atoms with Crippen LogP contribution in [0.15, 0.2) is 64.1 Å². The predicted molar refractivity (Wildman–Crippen MR) is 125 cm³/mol. The van der Waals surface area contributed by atoms with Crippen molar-refractivity contribution in [3.63, 3.8) is 0 Å². The number of carbonyl (C=O) groups excluding carboxylic acids is 1. The molecule has 0 N–H and O–H groups in total. The summed E-state index contributed by atoms with van der Waals surface area (Å²) in [4.78, 5) is 19.0. The summed E-state index contributed by atoms with van der Waals surface area (Å²) in [5.41, 5.74) is 0.162. The molecule has 0 radical (unpaired) electrons. The fraction of sp³-hybridized carbons (Fsp3) is 0.217. The van der Waals surface area contributed by atoms with Crippen LogP contribution in [-0.2, 0) is 16.6 Å². The van der Waals surface area contributed by atoms with Crippen molar-refractivity contribution in [2.45, 2.75) is 25.3 Å². The van der Waals surface area contributed by atoms with E-state index in [-0.39, 0.29) is 32.4 Å². The van der Waals surface area contributed by atoms with Crippen LogP contribution in [0.5, 0.6) is 0 Å². The molecule has 2 aromatic carbocycles. The molecule has 0 bridgehead atoms. The van der Waals surface area contributed by atoms with E-state index in [0.29, 0.717) is 18.8 Å². The number of thiazole rings is 1. The molecule has 4 rings (SSSR count). The molecule has 0 unspecified atom stereocenters. The van der Waals surface area contributed by atoms with E-state index in [1.165, 1.54) is 39.7 Å². The van der Waals surface area contributed by atoms with Crippen LogP contribution in [0.2, 0.25) is 0 Å². The smallest absolute Gasteiger partial charge is 0.260 e. The number of anilines is 1. The van der Waals surface area contributed by atoms with E-state index in [0.717, 1.165) is 23.5 Å². The summed E-state index contributed by atoms with van der Waals surface area (Å²) in [6.45, 7) is 4.14. The Morgan fingerprint density at radius 1 is 1.09 bits per heavy atom. The fourth-order valence-electron chi connectivity index (χ4n) is 3.48. The molecule has 2 aromatic heterocycles. The van der Waals surface area contributed by atoms with Gasteiger partial charge in [0.25, 0.3) is 5.91 Å². The number of hydrogen-bond acceptors (Lipinski definition) is 6. The largest absolute Gasteiger partial charge is 0.467 e. The number of halogens is 2. The molecule has 0 atom stereocenters. The van der Waals surface area contributed by atoms with Crippen molar-refractivity contribution in [2.24, 2.45) is 0 Å². The van der Waals surface area contributed by atoms with E-state index >= 15 is 0 Å². The first-order valence-corrected chi connectivity index (χ1v) is 12.7. The highest BCUT2D eigenvalue weighted by Gasteiger charge is 2.26. The Labute approximate surface area is 199 Å². The average molecular weight is 506 g/mol. The van der Waals surface area contributed by atoms with Crippen molar-refractivity contribution in [3.8, 4) is 0 Å². The van der Waals surface area contributed by atoms with E-state index in [1.807, 2.05) is 0 Å². The number of nitrogens with zero attached hydrogens (tertiary/aromatic N) is 3. The summed E-state index contributed by atoms with van der Waals surface area (Å²) in [5.74, 6) is -1.61. The topological polar surface area (TPSA) is 83.7 Å². The van der Waals surface area contributed by atoms with Crippen LogP contribution >= 0.6 is 11.3 Å². The summed E-state index contributed by atoms with van der Waals surface area (Å²) in [5, 5.41) is 0.153. The van der Waals surface area contributed by atoms with Gasteiger partial charge in [0.05, 0.1) is 22.4 Å². The van der Waals surface area contributed by atoms with Crippen molar-refractivity contribution in [1.29, 1.82) is 0 Å². The molecule has 178 valence electrons. The molecule has 7 nitrogen and oxygen atoms in total. The maximum absolute atomic E-state index is 14.2. The molecule has 2 heterocycles. The standard InChI is InChI=1S/C23H21F2N3O4S2/c1-3-27(4-2)34(30,31)18-9-7-15(8-10-18)22(29)28(14-17-6-5-11-32-17)23-26-21-19(25)12-16(24)13-20(21)33-23/h5-13H,3-4,14H2,1-2H3. The zero-order valence-corrected chi connectivity index (χ0v) is 20.0. The van der Waals surface area contributed by atoms with Crippen LogP contribution in [0.25, 0.3) is 10.2 Å². The Balaban J connectivity index is 1.71. The number of aromatic nitrogens is 1. The molecule has 4 aromatic rings. The van der Waals surface area contributed by atoms with Gasteiger partial charge in [-0.2, -0.15) is 4.31 Å². The van der Waals surface area contributed by atoms with Crippen LogP contribution in [0.4, 0.5) is 13.9 Å². The Kier molecular flexibility index (Phi) is 6.78. The van der Waals surface area contributed by atoms with E-state index in [2.05, 4.69) is 4.98 Å². The van der Waals surface area contributed by atoms with E-state index in [9.17, 15) is 22.0 Å². The minimum absolute atomic E-state index is 0.00471. The first-order valence-electron chi connectivity index (χ1n) is 10.4. The minimum atomic E-state index is -3.68. The Morgan fingerprint density at radius 2 is 1.79 bits per heavy atom. The molecule has 34 heavy (non-hydrogen) atoms. The van der Waals surface area contributed by atoms with Gasteiger partial charge in [0.15, 0.2) is 10.9 Å². The molecule has 0 aliphatic rings. The normalized spacial score (nSPS) is 11.9. The van der Waals surface area contributed by atoms with Crippen LogP contribution < -0.4 is 4.90 Å². The number of hydrogen-bond donors (Lipinski definition) is 0. The second-order valence-electron chi connectivity index (χ2n) is 7.32. The third-order valence-electron chi connectivity index (χ3n) is 5.22. The zero-order chi connectivity index (χ0) is 24.5. The summed E-state index contributed by atoms with van der Waals surface area (Å²) in [7, 11) is -3.68. The van der Waals surface area contributed by atoms with Gasteiger partial charge in [-0.15, -0.1) is 0 Å². The van der Waals surface area contributed by atoms with Crippen LogP contribution in [-0.4, -0.2) is 36.7 Å². The van der Waals surface area contributed by atoms with Crippen molar-refractivity contribution in [1.82, 2.24) is 9.29 Å². The van der Waals surface area contributed by atoms with Gasteiger partial charge in [0.1, 0.15) is 17.1 Å². The summed E-state index contributed by atoms with van der Waals surface area (Å²) < 4.78 is 60.3. The van der Waals surface area contributed by atoms with Gasteiger partial charge in [-0.3, -0.25) is 9.69 Å². The number of rotatable bonds is 8. The van der Waals surface area contributed by atoms with Crippen LogP contribution in [0.3, 0.4) is 0 Å². The molecular weight excluding hydrogens is 484 g/mol. The molecule has 0 aliphatic heterocycles. The molecule has 0 saturated heterocycles. The van der Waals surface area contributed by atoms with E-state index in [4.69, 9.17) is 4.42 Å². The number of fused-ring (bicyclic) bond motifs is 1. The van der Waals surface area contributed by atoms with Gasteiger partial charge in [-0.05, 0) is 42.5 Å². The van der Waals surface area contributed by atoms with Gasteiger partial charge in [0, 0.05) is 24.7 Å². The number of amides is 1. The van der Waals surface area contributed by atoms with Crippen LogP contribution in [0, 0.1) is 11.6 Å². The van der Waals surface area contributed by atoms with E-state index < -0.39 is 27.6 Å². The summed E-state index contributed by atoms with van der Waals surface area (Å²) in [6.07, 6.45) is 1.46. The first-order chi connectivity index (χ1) is 16.2. The lowest BCUT2D eigenvalue weighted by molar-refractivity contribution is 0.0983.